The third-order valence-corrected chi connectivity index (χ3v) is 2.42. The molecule has 0 aliphatic heterocycles. The number of hydrogen-bond acceptors (Lipinski definition) is 5. The molecule has 1 aromatic rings. The SMILES string of the molecule is CCOC(c1noc([C@@H](N)CC)n1)C(C)C. The van der Waals surface area contributed by atoms with E-state index in [9.17, 15) is 0 Å². The Morgan fingerprint density at radius 3 is 2.56 bits per heavy atom. The van der Waals surface area contributed by atoms with Gasteiger partial charge in [0.2, 0.25) is 11.7 Å². The number of nitrogens with two attached hydrogens (primary N) is 1. The van der Waals surface area contributed by atoms with Crippen LogP contribution in [0.15, 0.2) is 4.52 Å². The summed E-state index contributed by atoms with van der Waals surface area (Å²) in [4.78, 5) is 4.29. The summed E-state index contributed by atoms with van der Waals surface area (Å²) in [6.07, 6.45) is 0.661. The van der Waals surface area contributed by atoms with Gasteiger partial charge in [-0.05, 0) is 19.3 Å². The molecule has 2 N–H and O–H groups in total. The summed E-state index contributed by atoms with van der Waals surface area (Å²) < 4.78 is 10.7. The Hall–Kier alpha value is -0.940. The molecule has 5 nitrogen and oxygen atoms in total. The van der Waals surface area contributed by atoms with Crippen molar-refractivity contribution in [1.29, 1.82) is 0 Å². The molecule has 0 fully saturated rings. The molecule has 92 valence electrons. The van der Waals surface area contributed by atoms with E-state index in [4.69, 9.17) is 15.0 Å². The van der Waals surface area contributed by atoms with Crippen LogP contribution in [0.2, 0.25) is 0 Å². The van der Waals surface area contributed by atoms with Crippen molar-refractivity contribution >= 4 is 0 Å². The van der Waals surface area contributed by atoms with Crippen LogP contribution in [-0.2, 0) is 4.74 Å². The first-order valence-electron chi connectivity index (χ1n) is 5.80. The molecule has 1 heterocycles. The van der Waals surface area contributed by atoms with Crippen LogP contribution in [0, 0.1) is 5.92 Å². The lowest BCUT2D eigenvalue weighted by molar-refractivity contribution is 0.0217. The van der Waals surface area contributed by atoms with Gasteiger partial charge in [-0.2, -0.15) is 4.98 Å². The van der Waals surface area contributed by atoms with Gasteiger partial charge in [-0.1, -0.05) is 25.9 Å². The van der Waals surface area contributed by atoms with E-state index in [1.807, 2.05) is 13.8 Å². The van der Waals surface area contributed by atoms with Gasteiger partial charge in [0, 0.05) is 6.61 Å². The minimum Gasteiger partial charge on any atom is -0.370 e. The summed E-state index contributed by atoms with van der Waals surface area (Å²) in [5.74, 6) is 1.39. The summed E-state index contributed by atoms with van der Waals surface area (Å²) >= 11 is 0. The number of hydrogen-bond donors (Lipinski definition) is 1. The molecule has 0 saturated carbocycles. The molecule has 5 heteroatoms. The molecular weight excluding hydrogens is 206 g/mol. The van der Waals surface area contributed by atoms with Crippen LogP contribution in [-0.4, -0.2) is 16.7 Å². The van der Waals surface area contributed by atoms with Crippen molar-refractivity contribution in [3.63, 3.8) is 0 Å². The van der Waals surface area contributed by atoms with E-state index in [0.29, 0.717) is 24.2 Å². The number of rotatable bonds is 6. The molecular formula is C11H21N3O2. The molecule has 0 radical (unpaired) electrons. The largest absolute Gasteiger partial charge is 0.370 e. The summed E-state index contributed by atoms with van der Waals surface area (Å²) in [5, 5.41) is 3.93. The number of ether oxygens (including phenoxy) is 1. The van der Waals surface area contributed by atoms with Gasteiger partial charge in [-0.15, -0.1) is 0 Å². The van der Waals surface area contributed by atoms with Crippen LogP contribution >= 0.6 is 0 Å². The standard InChI is InChI=1S/C11H21N3O2/c1-5-8(12)11-13-10(14-16-11)9(7(3)4)15-6-2/h7-9H,5-6,12H2,1-4H3/t8-,9?/m0/s1. The maximum atomic E-state index is 5.82. The van der Waals surface area contributed by atoms with Crippen LogP contribution in [0.25, 0.3) is 0 Å². The van der Waals surface area contributed by atoms with Gasteiger partial charge in [0.05, 0.1) is 6.04 Å². The van der Waals surface area contributed by atoms with Crippen LogP contribution in [0.1, 0.15) is 58.0 Å². The van der Waals surface area contributed by atoms with Crippen LogP contribution in [0.5, 0.6) is 0 Å². The van der Waals surface area contributed by atoms with Gasteiger partial charge in [-0.3, -0.25) is 0 Å². The van der Waals surface area contributed by atoms with Gasteiger partial charge in [0.1, 0.15) is 6.10 Å². The lowest BCUT2D eigenvalue weighted by Gasteiger charge is -2.16. The minimum absolute atomic E-state index is 0.119. The zero-order valence-electron chi connectivity index (χ0n) is 10.4. The van der Waals surface area contributed by atoms with Crippen LogP contribution in [0.3, 0.4) is 0 Å². The molecule has 0 aliphatic carbocycles. The van der Waals surface area contributed by atoms with E-state index in [-0.39, 0.29) is 12.1 Å². The Bertz CT molecular complexity index is 312. The summed E-state index contributed by atoms with van der Waals surface area (Å²) in [7, 11) is 0. The monoisotopic (exact) mass is 227 g/mol. The maximum Gasteiger partial charge on any atom is 0.243 e. The molecule has 1 rings (SSSR count). The fourth-order valence-electron chi connectivity index (χ4n) is 1.43. The van der Waals surface area contributed by atoms with Crippen molar-refractivity contribution in [3.8, 4) is 0 Å². The molecule has 0 aromatic carbocycles. The fraction of sp³-hybridized carbons (Fsp3) is 0.818. The zero-order valence-corrected chi connectivity index (χ0v) is 10.4. The molecule has 2 atom stereocenters. The Kier molecular flexibility index (Phi) is 4.89. The van der Waals surface area contributed by atoms with Crippen LogP contribution < -0.4 is 5.73 Å². The average molecular weight is 227 g/mol. The van der Waals surface area contributed by atoms with E-state index < -0.39 is 0 Å². The highest BCUT2D eigenvalue weighted by Crippen LogP contribution is 2.24. The maximum absolute atomic E-state index is 5.82. The van der Waals surface area contributed by atoms with Gasteiger partial charge >= 0.3 is 0 Å². The predicted octanol–water partition coefficient (Wildman–Crippen LogP) is 2.21. The highest BCUT2D eigenvalue weighted by molar-refractivity contribution is 4.95. The molecule has 0 spiro atoms. The third kappa shape index (κ3) is 3.02. The number of nitrogens with zero attached hydrogens (tertiary/aromatic N) is 2. The van der Waals surface area contributed by atoms with Crippen molar-refractivity contribution in [2.45, 2.75) is 46.3 Å². The summed E-state index contributed by atoms with van der Waals surface area (Å²) in [6.45, 7) is 8.70. The van der Waals surface area contributed by atoms with Crippen molar-refractivity contribution in [2.75, 3.05) is 6.61 Å². The highest BCUT2D eigenvalue weighted by Gasteiger charge is 2.23. The molecule has 16 heavy (non-hydrogen) atoms. The molecule has 0 saturated heterocycles. The van der Waals surface area contributed by atoms with E-state index >= 15 is 0 Å². The number of aromatic nitrogens is 2. The second-order valence-electron chi connectivity index (χ2n) is 4.13. The van der Waals surface area contributed by atoms with Crippen molar-refractivity contribution in [3.05, 3.63) is 11.7 Å². The first-order valence-corrected chi connectivity index (χ1v) is 5.80. The normalized spacial score (nSPS) is 15.4. The molecule has 1 unspecified atom stereocenters. The first-order chi connectivity index (χ1) is 7.60. The van der Waals surface area contributed by atoms with Gasteiger partial charge in [0.15, 0.2) is 0 Å². The summed E-state index contributed by atoms with van der Waals surface area (Å²) in [6, 6.07) is -0.185. The Morgan fingerprint density at radius 2 is 2.06 bits per heavy atom. The van der Waals surface area contributed by atoms with Gasteiger partial charge < -0.3 is 15.0 Å². The van der Waals surface area contributed by atoms with Crippen LogP contribution in [0.4, 0.5) is 0 Å². The highest BCUT2D eigenvalue weighted by atomic mass is 16.5. The minimum atomic E-state index is -0.185. The second-order valence-corrected chi connectivity index (χ2v) is 4.13. The van der Waals surface area contributed by atoms with Crippen molar-refractivity contribution in [1.82, 2.24) is 10.1 Å². The molecule has 0 bridgehead atoms. The van der Waals surface area contributed by atoms with E-state index in [0.717, 1.165) is 6.42 Å². The first kappa shape index (κ1) is 13.1. The second kappa shape index (κ2) is 5.96. The lowest BCUT2D eigenvalue weighted by Crippen LogP contribution is -2.14. The zero-order chi connectivity index (χ0) is 12.1. The quantitative estimate of drug-likeness (QED) is 0.806. The molecule has 0 amide bonds. The molecule has 1 aromatic heterocycles. The Morgan fingerprint density at radius 1 is 1.38 bits per heavy atom. The van der Waals surface area contributed by atoms with E-state index in [1.54, 1.807) is 0 Å². The van der Waals surface area contributed by atoms with Crippen molar-refractivity contribution < 1.29 is 9.26 Å². The van der Waals surface area contributed by atoms with Gasteiger partial charge in [0.25, 0.3) is 0 Å². The van der Waals surface area contributed by atoms with E-state index in [1.165, 1.54) is 0 Å². The fourth-order valence-corrected chi connectivity index (χ4v) is 1.43. The Labute approximate surface area is 96.4 Å². The third-order valence-electron chi connectivity index (χ3n) is 2.42. The molecule has 0 aliphatic rings. The van der Waals surface area contributed by atoms with Crippen molar-refractivity contribution in [2.24, 2.45) is 11.7 Å². The van der Waals surface area contributed by atoms with Gasteiger partial charge in [-0.25, -0.2) is 0 Å². The predicted molar refractivity (Wildman–Crippen MR) is 60.7 cm³/mol. The lowest BCUT2D eigenvalue weighted by atomic mass is 10.1. The topological polar surface area (TPSA) is 74.2 Å². The van der Waals surface area contributed by atoms with E-state index in [2.05, 4.69) is 24.0 Å². The summed E-state index contributed by atoms with van der Waals surface area (Å²) in [5.41, 5.74) is 5.82. The Balaban J connectivity index is 2.81. The smallest absolute Gasteiger partial charge is 0.243 e. The average Bonchev–Trinajstić information content (AvgIpc) is 2.73.